The molecule has 0 aliphatic heterocycles. The first-order chi connectivity index (χ1) is 14.4. The van der Waals surface area contributed by atoms with Gasteiger partial charge in [0.25, 0.3) is 0 Å². The van der Waals surface area contributed by atoms with Gasteiger partial charge in [0.05, 0.1) is 22.3 Å². The Morgan fingerprint density at radius 1 is 0.900 bits per heavy atom. The summed E-state index contributed by atoms with van der Waals surface area (Å²) in [6.45, 7) is 3.04. The Morgan fingerprint density at radius 2 is 1.67 bits per heavy atom. The standard InChI is InChI=1S/C22H18BrCl3FNO2/c1-2-29-21-7-14(11-28-20-8-15(24)4-6-18(20)25)17(23)10-22(21)30-12-13-3-5-16(27)9-19(13)26/h3-10,28H,2,11-12H2,1H3. The maximum atomic E-state index is 13.2. The zero-order chi connectivity index (χ0) is 21.7. The van der Waals surface area contributed by atoms with Gasteiger partial charge >= 0.3 is 0 Å². The second-order valence-corrected chi connectivity index (χ2v) is 8.43. The first kappa shape index (κ1) is 23.0. The van der Waals surface area contributed by atoms with Gasteiger partial charge in [-0.25, -0.2) is 4.39 Å². The molecule has 3 nitrogen and oxygen atoms in total. The van der Waals surface area contributed by atoms with Gasteiger partial charge in [0.2, 0.25) is 0 Å². The highest BCUT2D eigenvalue weighted by atomic mass is 79.9. The predicted octanol–water partition coefficient (Wildman–Crippen LogP) is 8.14. The van der Waals surface area contributed by atoms with Gasteiger partial charge in [-0.15, -0.1) is 0 Å². The van der Waals surface area contributed by atoms with E-state index in [4.69, 9.17) is 44.3 Å². The molecule has 0 bridgehead atoms. The summed E-state index contributed by atoms with van der Waals surface area (Å²) in [5.41, 5.74) is 2.36. The van der Waals surface area contributed by atoms with E-state index < -0.39 is 5.82 Å². The Bertz CT molecular complexity index is 1050. The molecule has 0 aliphatic carbocycles. The van der Waals surface area contributed by atoms with Gasteiger partial charge in [-0.2, -0.15) is 0 Å². The van der Waals surface area contributed by atoms with Crippen LogP contribution in [-0.2, 0) is 13.2 Å². The van der Waals surface area contributed by atoms with Crippen molar-refractivity contribution >= 4 is 56.4 Å². The van der Waals surface area contributed by atoms with Crippen molar-refractivity contribution in [3.05, 3.63) is 85.0 Å². The van der Waals surface area contributed by atoms with Crippen molar-refractivity contribution in [2.45, 2.75) is 20.1 Å². The van der Waals surface area contributed by atoms with Crippen molar-refractivity contribution in [1.82, 2.24) is 0 Å². The van der Waals surface area contributed by atoms with E-state index >= 15 is 0 Å². The maximum Gasteiger partial charge on any atom is 0.162 e. The highest BCUT2D eigenvalue weighted by Gasteiger charge is 2.13. The number of ether oxygens (including phenoxy) is 2. The molecule has 3 aromatic carbocycles. The minimum atomic E-state index is -0.391. The molecule has 0 heterocycles. The highest BCUT2D eigenvalue weighted by molar-refractivity contribution is 9.10. The van der Waals surface area contributed by atoms with Gasteiger partial charge in [0.1, 0.15) is 12.4 Å². The van der Waals surface area contributed by atoms with Gasteiger partial charge in [0.15, 0.2) is 11.5 Å². The Balaban J connectivity index is 1.78. The van der Waals surface area contributed by atoms with Crippen molar-refractivity contribution < 1.29 is 13.9 Å². The maximum absolute atomic E-state index is 13.2. The second-order valence-electron chi connectivity index (χ2n) is 6.33. The van der Waals surface area contributed by atoms with Crippen molar-refractivity contribution in [2.24, 2.45) is 0 Å². The molecule has 8 heteroatoms. The summed E-state index contributed by atoms with van der Waals surface area (Å²) in [6.07, 6.45) is 0. The fourth-order valence-electron chi connectivity index (χ4n) is 2.71. The van der Waals surface area contributed by atoms with E-state index in [9.17, 15) is 4.39 Å². The first-order valence-corrected chi connectivity index (χ1v) is 11.0. The number of hydrogen-bond donors (Lipinski definition) is 1. The molecule has 0 radical (unpaired) electrons. The molecule has 0 spiro atoms. The van der Waals surface area contributed by atoms with Crippen molar-refractivity contribution in [2.75, 3.05) is 11.9 Å². The van der Waals surface area contributed by atoms with Crippen LogP contribution in [0, 0.1) is 5.82 Å². The lowest BCUT2D eigenvalue weighted by atomic mass is 10.2. The predicted molar refractivity (Wildman–Crippen MR) is 125 cm³/mol. The van der Waals surface area contributed by atoms with E-state index in [1.54, 1.807) is 24.3 Å². The molecule has 0 fully saturated rings. The van der Waals surface area contributed by atoms with E-state index in [1.807, 2.05) is 19.1 Å². The Hall–Kier alpha value is -1.66. The monoisotopic (exact) mass is 531 g/mol. The SMILES string of the molecule is CCOc1cc(CNc2cc(Cl)ccc2Cl)c(Br)cc1OCc1ccc(F)cc1Cl. The Kier molecular flexibility index (Phi) is 8.12. The number of anilines is 1. The van der Waals surface area contributed by atoms with Crippen LogP contribution in [0.5, 0.6) is 11.5 Å². The average molecular weight is 534 g/mol. The van der Waals surface area contributed by atoms with Crippen LogP contribution in [0.3, 0.4) is 0 Å². The van der Waals surface area contributed by atoms with Gasteiger partial charge in [-0.3, -0.25) is 0 Å². The topological polar surface area (TPSA) is 30.5 Å². The van der Waals surface area contributed by atoms with Crippen LogP contribution in [0.1, 0.15) is 18.1 Å². The van der Waals surface area contributed by atoms with Crippen LogP contribution in [0.25, 0.3) is 0 Å². The van der Waals surface area contributed by atoms with Crippen molar-refractivity contribution in [3.8, 4) is 11.5 Å². The fourth-order valence-corrected chi connectivity index (χ4v) is 3.75. The lowest BCUT2D eigenvalue weighted by molar-refractivity contribution is 0.269. The van der Waals surface area contributed by atoms with Gasteiger partial charge in [-0.05, 0) is 55.0 Å². The number of hydrogen-bond acceptors (Lipinski definition) is 3. The molecule has 0 saturated heterocycles. The van der Waals surface area contributed by atoms with Crippen LogP contribution in [0.15, 0.2) is 53.0 Å². The smallest absolute Gasteiger partial charge is 0.162 e. The number of nitrogens with one attached hydrogen (secondary N) is 1. The lowest BCUT2D eigenvalue weighted by Crippen LogP contribution is -2.04. The quantitative estimate of drug-likeness (QED) is 0.317. The number of halogens is 5. The van der Waals surface area contributed by atoms with Gasteiger partial charge in [0, 0.05) is 21.6 Å². The van der Waals surface area contributed by atoms with Crippen LogP contribution in [0.4, 0.5) is 10.1 Å². The number of rotatable bonds is 8. The van der Waals surface area contributed by atoms with E-state index in [2.05, 4.69) is 21.2 Å². The third-order valence-corrected chi connectivity index (χ3v) is 5.86. The molecule has 0 atom stereocenters. The summed E-state index contributed by atoms with van der Waals surface area (Å²) in [6, 6.07) is 13.2. The zero-order valence-corrected chi connectivity index (χ0v) is 19.8. The molecule has 3 aromatic rings. The molecule has 30 heavy (non-hydrogen) atoms. The van der Waals surface area contributed by atoms with Gasteiger partial charge in [-0.1, -0.05) is 56.8 Å². The minimum absolute atomic E-state index is 0.182. The largest absolute Gasteiger partial charge is 0.490 e. The first-order valence-electron chi connectivity index (χ1n) is 9.08. The normalized spacial score (nSPS) is 10.7. The van der Waals surface area contributed by atoms with Crippen LogP contribution < -0.4 is 14.8 Å². The highest BCUT2D eigenvalue weighted by Crippen LogP contribution is 2.36. The van der Waals surface area contributed by atoms with Gasteiger partial charge < -0.3 is 14.8 Å². The summed E-state index contributed by atoms with van der Waals surface area (Å²) in [5.74, 6) is 0.750. The average Bonchev–Trinajstić information content (AvgIpc) is 2.70. The van der Waals surface area contributed by atoms with Crippen LogP contribution >= 0.6 is 50.7 Å². The molecule has 0 aliphatic rings. The van der Waals surface area contributed by atoms with E-state index in [1.165, 1.54) is 12.1 Å². The van der Waals surface area contributed by atoms with Crippen molar-refractivity contribution in [1.29, 1.82) is 0 Å². The van der Waals surface area contributed by atoms with Crippen LogP contribution in [0.2, 0.25) is 15.1 Å². The molecule has 1 N–H and O–H groups in total. The second kappa shape index (κ2) is 10.6. The summed E-state index contributed by atoms with van der Waals surface area (Å²) < 4.78 is 25.7. The number of benzene rings is 3. The van der Waals surface area contributed by atoms with Crippen molar-refractivity contribution in [3.63, 3.8) is 0 Å². The summed E-state index contributed by atoms with van der Waals surface area (Å²) in [4.78, 5) is 0. The van der Waals surface area contributed by atoms with Crippen LogP contribution in [-0.4, -0.2) is 6.61 Å². The third kappa shape index (κ3) is 5.94. The van der Waals surface area contributed by atoms with E-state index in [0.717, 1.165) is 15.7 Å². The lowest BCUT2D eigenvalue weighted by Gasteiger charge is -2.16. The molecule has 0 aromatic heterocycles. The summed E-state index contributed by atoms with van der Waals surface area (Å²) >= 11 is 21.9. The van der Waals surface area contributed by atoms with E-state index in [0.29, 0.717) is 45.3 Å². The molecule has 0 saturated carbocycles. The molecule has 0 unspecified atom stereocenters. The Labute approximate surface area is 198 Å². The molecule has 0 amide bonds. The molecular formula is C22H18BrCl3FNO2. The molecule has 158 valence electrons. The Morgan fingerprint density at radius 3 is 2.40 bits per heavy atom. The van der Waals surface area contributed by atoms with E-state index in [-0.39, 0.29) is 6.61 Å². The zero-order valence-electron chi connectivity index (χ0n) is 15.9. The summed E-state index contributed by atoms with van der Waals surface area (Å²) in [7, 11) is 0. The molecule has 3 rings (SSSR count). The fraction of sp³-hybridized carbons (Fsp3) is 0.182. The molecular weight excluding hydrogens is 516 g/mol. The minimum Gasteiger partial charge on any atom is -0.490 e. The summed E-state index contributed by atoms with van der Waals surface area (Å²) in [5, 5.41) is 4.76. The third-order valence-electron chi connectivity index (χ3n) is 4.21.